The van der Waals surface area contributed by atoms with E-state index >= 15 is 0 Å². The molecular formula is C13H25NO9. The van der Waals surface area contributed by atoms with Crippen molar-refractivity contribution in [3.63, 3.8) is 0 Å². The molecule has 10 heteroatoms. The van der Waals surface area contributed by atoms with Crippen LogP contribution in [-0.4, -0.2) is 115 Å². The van der Waals surface area contributed by atoms with E-state index in [4.69, 9.17) is 9.84 Å². The lowest BCUT2D eigenvalue weighted by Gasteiger charge is -2.45. The van der Waals surface area contributed by atoms with E-state index in [0.29, 0.717) is 0 Å². The Hall–Kier alpha value is -0.400. The lowest BCUT2D eigenvalue weighted by atomic mass is 9.85. The largest absolute Gasteiger partial charge is 0.395 e. The molecule has 0 unspecified atom stereocenters. The van der Waals surface area contributed by atoms with Crippen LogP contribution in [0.4, 0.5) is 0 Å². The second kappa shape index (κ2) is 7.66. The normalized spacial score (nSPS) is 51.7. The fraction of sp³-hybridized carbons (Fsp3) is 1.00. The summed E-state index contributed by atoms with van der Waals surface area (Å²) in [5.41, 5.74) is 0. The molecule has 0 bridgehead atoms. The first kappa shape index (κ1) is 18.9. The zero-order chi connectivity index (χ0) is 17.3. The number of ether oxygens (including phenoxy) is 1. The summed E-state index contributed by atoms with van der Waals surface area (Å²) >= 11 is 0. The molecule has 0 aromatic rings. The van der Waals surface area contributed by atoms with Gasteiger partial charge in [-0.15, -0.1) is 0 Å². The Bertz CT molecular complexity index is 348. The predicted molar refractivity (Wildman–Crippen MR) is 74.2 cm³/mol. The maximum Gasteiger partial charge on any atom is 0.111 e. The summed E-state index contributed by atoms with van der Waals surface area (Å²) in [5, 5.41) is 80.1. The van der Waals surface area contributed by atoms with Crippen molar-refractivity contribution in [1.82, 2.24) is 5.32 Å². The molecule has 0 aliphatic carbocycles. The molecule has 2 fully saturated rings. The van der Waals surface area contributed by atoms with Gasteiger partial charge in [-0.1, -0.05) is 0 Å². The van der Waals surface area contributed by atoms with Gasteiger partial charge in [-0.05, 0) is 6.42 Å². The van der Waals surface area contributed by atoms with Crippen LogP contribution in [0.25, 0.3) is 0 Å². The molecule has 0 aromatic carbocycles. The third-order valence-corrected chi connectivity index (χ3v) is 4.63. The van der Waals surface area contributed by atoms with Crippen LogP contribution in [0, 0.1) is 0 Å². The molecule has 10 atom stereocenters. The van der Waals surface area contributed by atoms with Crippen molar-refractivity contribution >= 4 is 0 Å². The monoisotopic (exact) mass is 339 g/mol. The number of hydrogen-bond acceptors (Lipinski definition) is 10. The van der Waals surface area contributed by atoms with Crippen molar-refractivity contribution in [2.24, 2.45) is 0 Å². The van der Waals surface area contributed by atoms with Crippen molar-refractivity contribution in [2.45, 2.75) is 67.3 Å². The highest BCUT2D eigenvalue weighted by Crippen LogP contribution is 2.27. The summed E-state index contributed by atoms with van der Waals surface area (Å²) in [4.78, 5) is 0. The highest BCUT2D eigenvalue weighted by molar-refractivity contribution is 5.01. The Labute approximate surface area is 132 Å². The van der Waals surface area contributed by atoms with Crippen molar-refractivity contribution < 1.29 is 45.6 Å². The summed E-state index contributed by atoms with van der Waals surface area (Å²) in [7, 11) is 0. The number of rotatable bonds is 4. The van der Waals surface area contributed by atoms with Crippen LogP contribution in [0.5, 0.6) is 0 Å². The molecule has 23 heavy (non-hydrogen) atoms. The lowest BCUT2D eigenvalue weighted by molar-refractivity contribution is -0.235. The van der Waals surface area contributed by atoms with Gasteiger partial charge in [-0.3, -0.25) is 0 Å². The van der Waals surface area contributed by atoms with Crippen LogP contribution < -0.4 is 5.32 Å². The smallest absolute Gasteiger partial charge is 0.111 e. The molecule has 10 nitrogen and oxygen atoms in total. The van der Waals surface area contributed by atoms with Crippen LogP contribution in [-0.2, 0) is 4.74 Å². The average Bonchev–Trinajstić information content (AvgIpc) is 2.55. The Kier molecular flexibility index (Phi) is 6.30. The minimum Gasteiger partial charge on any atom is -0.395 e. The van der Waals surface area contributed by atoms with E-state index < -0.39 is 74.1 Å². The third-order valence-electron chi connectivity index (χ3n) is 4.63. The van der Waals surface area contributed by atoms with Gasteiger partial charge in [0.1, 0.15) is 30.5 Å². The first-order valence-corrected chi connectivity index (χ1v) is 7.53. The second-order valence-corrected chi connectivity index (χ2v) is 6.14. The Balaban J connectivity index is 2.07. The van der Waals surface area contributed by atoms with Crippen LogP contribution in [0.3, 0.4) is 0 Å². The molecule has 0 spiro atoms. The van der Waals surface area contributed by atoms with Gasteiger partial charge in [0, 0.05) is 6.04 Å². The molecule has 2 saturated heterocycles. The molecular weight excluding hydrogens is 314 g/mol. The fourth-order valence-electron chi connectivity index (χ4n) is 3.14. The molecule has 0 saturated carbocycles. The Morgan fingerprint density at radius 3 is 1.70 bits per heavy atom. The number of piperidine rings is 1. The van der Waals surface area contributed by atoms with Crippen molar-refractivity contribution in [3.8, 4) is 0 Å². The zero-order valence-electron chi connectivity index (χ0n) is 12.4. The second-order valence-electron chi connectivity index (χ2n) is 6.14. The van der Waals surface area contributed by atoms with Crippen molar-refractivity contribution in [1.29, 1.82) is 0 Å². The maximum atomic E-state index is 10.0. The minimum absolute atomic E-state index is 0.0805. The summed E-state index contributed by atoms with van der Waals surface area (Å²) in [6, 6.07) is -1.71. The summed E-state index contributed by atoms with van der Waals surface area (Å²) in [6.45, 7) is -1.04. The highest BCUT2D eigenvalue weighted by Gasteiger charge is 2.47. The first-order valence-electron chi connectivity index (χ1n) is 7.53. The summed E-state index contributed by atoms with van der Waals surface area (Å²) in [6.07, 6.45) is -10.9. The Morgan fingerprint density at radius 2 is 1.13 bits per heavy atom. The van der Waals surface area contributed by atoms with E-state index in [1.54, 1.807) is 0 Å². The SMILES string of the molecule is OC[C@H]1N[C@@H](C[C@@H]2O[C@H](CO)[C@@H](O)[C@H](O)[C@H]2O)[C@H](O)[C@@H](O)[C@@H]1O. The van der Waals surface area contributed by atoms with Crippen LogP contribution >= 0.6 is 0 Å². The van der Waals surface area contributed by atoms with E-state index in [0.717, 1.165) is 0 Å². The molecule has 136 valence electrons. The number of aliphatic hydroxyl groups excluding tert-OH is 8. The lowest BCUT2D eigenvalue weighted by Crippen LogP contribution is -2.67. The zero-order valence-corrected chi connectivity index (χ0v) is 12.4. The molecule has 2 heterocycles. The average molecular weight is 339 g/mol. The van der Waals surface area contributed by atoms with Gasteiger partial charge in [0.25, 0.3) is 0 Å². The van der Waals surface area contributed by atoms with E-state index in [2.05, 4.69) is 5.32 Å². The molecule has 0 radical (unpaired) electrons. The molecule has 9 N–H and O–H groups in total. The van der Waals surface area contributed by atoms with Crippen LogP contribution in [0.1, 0.15) is 6.42 Å². The molecule has 0 aromatic heterocycles. The minimum atomic E-state index is -1.53. The topological polar surface area (TPSA) is 183 Å². The van der Waals surface area contributed by atoms with E-state index in [-0.39, 0.29) is 6.42 Å². The van der Waals surface area contributed by atoms with Gasteiger partial charge < -0.3 is 50.9 Å². The van der Waals surface area contributed by atoms with Gasteiger partial charge in [0.15, 0.2) is 0 Å². The van der Waals surface area contributed by atoms with Gasteiger partial charge in [-0.25, -0.2) is 0 Å². The van der Waals surface area contributed by atoms with Crippen LogP contribution in [0.15, 0.2) is 0 Å². The molecule has 0 amide bonds. The quantitative estimate of drug-likeness (QED) is 0.240. The highest BCUT2D eigenvalue weighted by atomic mass is 16.5. The number of nitrogens with one attached hydrogen (secondary N) is 1. The van der Waals surface area contributed by atoms with E-state index in [9.17, 15) is 35.7 Å². The van der Waals surface area contributed by atoms with Crippen LogP contribution in [0.2, 0.25) is 0 Å². The van der Waals surface area contributed by atoms with Gasteiger partial charge >= 0.3 is 0 Å². The molecule has 2 rings (SSSR count). The van der Waals surface area contributed by atoms with Gasteiger partial charge in [0.2, 0.25) is 0 Å². The standard InChI is InChI=1S/C13H25NO9/c15-2-5-9(18)12(21)8(17)4(14-5)1-6-10(19)13(22)11(20)7(3-16)23-6/h4-22H,1-3H2/t4-,5+,6-,7+,8-,9+,10-,11+,12+,13+/m0/s1. The maximum absolute atomic E-state index is 10.0. The first-order chi connectivity index (χ1) is 10.8. The molecule has 2 aliphatic heterocycles. The predicted octanol–water partition coefficient (Wildman–Crippen LogP) is -5.37. The van der Waals surface area contributed by atoms with E-state index in [1.165, 1.54) is 0 Å². The van der Waals surface area contributed by atoms with Gasteiger partial charge in [-0.2, -0.15) is 0 Å². The van der Waals surface area contributed by atoms with Crippen molar-refractivity contribution in [2.75, 3.05) is 13.2 Å². The third kappa shape index (κ3) is 3.66. The summed E-state index contributed by atoms with van der Waals surface area (Å²) < 4.78 is 5.34. The van der Waals surface area contributed by atoms with E-state index in [1.807, 2.05) is 0 Å². The number of hydrogen-bond donors (Lipinski definition) is 9. The Morgan fingerprint density at radius 1 is 0.609 bits per heavy atom. The van der Waals surface area contributed by atoms with Gasteiger partial charge in [0.05, 0.1) is 37.6 Å². The summed E-state index contributed by atoms with van der Waals surface area (Å²) in [5.74, 6) is 0. The van der Waals surface area contributed by atoms with Crippen molar-refractivity contribution in [3.05, 3.63) is 0 Å². The molecule has 2 aliphatic rings. The number of aliphatic hydroxyl groups is 8. The fourth-order valence-corrected chi connectivity index (χ4v) is 3.14.